The number of aromatic nitrogens is 2. The largest absolute Gasteiger partial charge is 0.384 e. The second kappa shape index (κ2) is 11.9. The Morgan fingerprint density at radius 1 is 0.650 bits per heavy atom. The molecule has 3 N–H and O–H groups in total. The molecule has 0 bridgehead atoms. The van der Waals surface area contributed by atoms with Crippen LogP contribution in [-0.4, -0.2) is 30.7 Å². The molecule has 6 rings (SSSR count). The monoisotopic (exact) mass is 613 g/mol. The van der Waals surface area contributed by atoms with Gasteiger partial charge in [0.15, 0.2) is 0 Å². The van der Waals surface area contributed by atoms with Crippen molar-refractivity contribution < 1.29 is 8.42 Å². The molecule has 0 fully saturated rings. The van der Waals surface area contributed by atoms with Crippen LogP contribution in [0.25, 0.3) is 32.7 Å². The zero-order valence-electron chi connectivity index (χ0n) is 21.5. The third kappa shape index (κ3) is 6.00. The Hall–Kier alpha value is -4.21. The van der Waals surface area contributed by atoms with Gasteiger partial charge in [-0.25, -0.2) is 13.4 Å². The van der Waals surface area contributed by atoms with Gasteiger partial charge in [0, 0.05) is 46.0 Å². The predicted molar refractivity (Wildman–Crippen MR) is 172 cm³/mol. The number of hydrogen-bond donors (Lipinski definition) is 3. The Balaban J connectivity index is 0.00000323. The summed E-state index contributed by atoms with van der Waals surface area (Å²) in [5.41, 5.74) is 6.03. The first-order valence-electron chi connectivity index (χ1n) is 12.8. The number of fused-ring (bicyclic) bond motifs is 3. The molecule has 0 spiro atoms. The van der Waals surface area contributed by atoms with Crippen molar-refractivity contribution in [2.75, 3.05) is 27.7 Å². The van der Waals surface area contributed by atoms with Crippen LogP contribution < -0.4 is 15.4 Å². The molecular formula is C31H28BrN5O2S. The summed E-state index contributed by atoms with van der Waals surface area (Å²) in [5, 5.41) is 9.92. The lowest BCUT2D eigenvalue weighted by molar-refractivity contribution is 0.599. The summed E-state index contributed by atoms with van der Waals surface area (Å²) in [6.45, 7) is 0.533. The summed E-state index contributed by atoms with van der Waals surface area (Å²) in [7, 11) is -3.49. The lowest BCUT2D eigenvalue weighted by atomic mass is 10.1. The highest BCUT2D eigenvalue weighted by atomic mass is 79.9. The number of rotatable bonds is 9. The molecule has 2 aromatic heterocycles. The minimum atomic E-state index is -3.49. The van der Waals surface area contributed by atoms with Gasteiger partial charge in [-0.15, -0.1) is 17.0 Å². The van der Waals surface area contributed by atoms with E-state index in [4.69, 9.17) is 4.98 Å². The van der Waals surface area contributed by atoms with E-state index < -0.39 is 10.0 Å². The number of anilines is 4. The summed E-state index contributed by atoms with van der Waals surface area (Å²) >= 11 is 0. The highest BCUT2D eigenvalue weighted by Crippen LogP contribution is 2.33. The molecule has 0 saturated heterocycles. The van der Waals surface area contributed by atoms with E-state index in [1.807, 2.05) is 91.0 Å². The average Bonchev–Trinajstić information content (AvgIpc) is 2.96. The molecule has 0 saturated carbocycles. The van der Waals surface area contributed by atoms with Crippen LogP contribution in [0.3, 0.4) is 0 Å². The molecule has 40 heavy (non-hydrogen) atoms. The van der Waals surface area contributed by atoms with Crippen molar-refractivity contribution >= 4 is 82.5 Å². The number of pyridine rings is 2. The van der Waals surface area contributed by atoms with Crippen LogP contribution in [0, 0.1) is 0 Å². The van der Waals surface area contributed by atoms with E-state index in [2.05, 4.69) is 20.3 Å². The topological polar surface area (TPSA) is 96.0 Å². The molecule has 0 unspecified atom stereocenters. The summed E-state index contributed by atoms with van der Waals surface area (Å²) < 4.78 is 28.1. The van der Waals surface area contributed by atoms with Crippen LogP contribution in [-0.2, 0) is 10.0 Å². The Morgan fingerprint density at radius 3 is 1.90 bits per heavy atom. The Morgan fingerprint density at radius 2 is 1.23 bits per heavy atom. The van der Waals surface area contributed by atoms with E-state index in [0.29, 0.717) is 18.7 Å². The van der Waals surface area contributed by atoms with Gasteiger partial charge in [-0.3, -0.25) is 9.71 Å². The van der Waals surface area contributed by atoms with Gasteiger partial charge in [-0.05, 0) is 55.0 Å². The lowest BCUT2D eigenvalue weighted by Gasteiger charge is -2.14. The molecule has 7 nitrogen and oxygen atoms in total. The van der Waals surface area contributed by atoms with Crippen molar-refractivity contribution in [1.82, 2.24) is 9.97 Å². The van der Waals surface area contributed by atoms with E-state index >= 15 is 0 Å². The molecule has 0 radical (unpaired) electrons. The lowest BCUT2D eigenvalue weighted by Crippen LogP contribution is -2.19. The smallest absolute Gasteiger partial charge is 0.232 e. The van der Waals surface area contributed by atoms with Gasteiger partial charge in [-0.1, -0.05) is 54.6 Å². The van der Waals surface area contributed by atoms with Gasteiger partial charge < -0.3 is 10.6 Å². The van der Waals surface area contributed by atoms with E-state index in [-0.39, 0.29) is 22.7 Å². The molecule has 0 amide bonds. The van der Waals surface area contributed by atoms with Gasteiger partial charge in [-0.2, -0.15) is 0 Å². The summed E-state index contributed by atoms with van der Waals surface area (Å²) in [5.74, 6) is 0.0119. The molecule has 0 aliphatic rings. The third-order valence-corrected chi connectivity index (χ3v) is 7.94. The van der Waals surface area contributed by atoms with Crippen LogP contribution in [0.5, 0.6) is 0 Å². The minimum Gasteiger partial charge on any atom is -0.384 e. The van der Waals surface area contributed by atoms with Crippen LogP contribution in [0.4, 0.5) is 22.7 Å². The molecule has 0 aliphatic carbocycles. The first-order valence-corrected chi connectivity index (χ1v) is 14.4. The van der Waals surface area contributed by atoms with Crippen LogP contribution in [0.2, 0.25) is 0 Å². The Labute approximate surface area is 243 Å². The molecule has 4 aromatic carbocycles. The van der Waals surface area contributed by atoms with Crippen LogP contribution in [0.1, 0.15) is 6.42 Å². The van der Waals surface area contributed by atoms with Crippen molar-refractivity contribution in [3.63, 3.8) is 0 Å². The van der Waals surface area contributed by atoms with Crippen molar-refractivity contribution in [2.45, 2.75) is 6.42 Å². The first kappa shape index (κ1) is 27.4. The molecule has 202 valence electrons. The number of nitrogens with zero attached hydrogens (tertiary/aromatic N) is 2. The fraction of sp³-hybridized carbons (Fsp3) is 0.0968. The second-order valence-electron chi connectivity index (χ2n) is 9.30. The molecule has 6 aromatic rings. The molecule has 2 heterocycles. The minimum absolute atomic E-state index is 0. The fourth-order valence-corrected chi connectivity index (χ4v) is 5.83. The Kier molecular flexibility index (Phi) is 8.14. The number of nitrogens with one attached hydrogen (secondary N) is 3. The predicted octanol–water partition coefficient (Wildman–Crippen LogP) is 7.50. The first-order chi connectivity index (χ1) is 19.1. The average molecular weight is 615 g/mol. The van der Waals surface area contributed by atoms with Gasteiger partial charge in [0.2, 0.25) is 10.0 Å². The maximum atomic E-state index is 12.7. The van der Waals surface area contributed by atoms with Gasteiger partial charge in [0.05, 0.1) is 28.0 Å². The highest BCUT2D eigenvalue weighted by molar-refractivity contribution is 8.93. The fourth-order valence-electron chi connectivity index (χ4n) is 4.71. The van der Waals surface area contributed by atoms with Crippen molar-refractivity contribution in [3.05, 3.63) is 109 Å². The normalized spacial score (nSPS) is 11.3. The zero-order chi connectivity index (χ0) is 26.7. The van der Waals surface area contributed by atoms with Crippen molar-refractivity contribution in [1.29, 1.82) is 0 Å². The molecular weight excluding hydrogens is 586 g/mol. The summed E-state index contributed by atoms with van der Waals surface area (Å²) in [6, 6.07) is 33.1. The summed E-state index contributed by atoms with van der Waals surface area (Å²) in [4.78, 5) is 9.13. The van der Waals surface area contributed by atoms with Gasteiger partial charge in [0.25, 0.3) is 0 Å². The second-order valence-corrected chi connectivity index (χ2v) is 11.1. The number of benzene rings is 4. The SMILES string of the molecule is Br.O=S(=O)(CCCNc1ccnc2ccccc12)Nc1ccc(Nc2c3ccccc3nc3ccccc23)cc1. The number of sulfonamides is 1. The van der Waals surface area contributed by atoms with Crippen LogP contribution >= 0.6 is 17.0 Å². The van der Waals surface area contributed by atoms with Crippen LogP contribution in [0.15, 0.2) is 109 Å². The van der Waals surface area contributed by atoms with Gasteiger partial charge >= 0.3 is 0 Å². The van der Waals surface area contributed by atoms with E-state index in [1.54, 1.807) is 18.3 Å². The molecule has 0 atom stereocenters. The standard InChI is InChI=1S/C31H27N5O2S.BrH/c37-39(38,21-7-19-32-28-18-20-33-27-11-4-1-8-24(27)28)36-23-16-14-22(15-17-23)34-31-25-9-2-5-12-29(25)35-30-13-6-3-10-26(30)31;/h1-6,8-18,20,36H,7,19,21H2,(H,32,33)(H,34,35);1H. The van der Waals surface area contributed by atoms with E-state index in [0.717, 1.165) is 49.8 Å². The maximum absolute atomic E-state index is 12.7. The maximum Gasteiger partial charge on any atom is 0.232 e. The summed E-state index contributed by atoms with van der Waals surface area (Å²) in [6.07, 6.45) is 2.22. The third-order valence-electron chi connectivity index (χ3n) is 6.57. The van der Waals surface area contributed by atoms with E-state index in [9.17, 15) is 8.42 Å². The number of para-hydroxylation sites is 3. The van der Waals surface area contributed by atoms with Crippen molar-refractivity contribution in [2.24, 2.45) is 0 Å². The zero-order valence-corrected chi connectivity index (χ0v) is 24.1. The van der Waals surface area contributed by atoms with Gasteiger partial charge in [0.1, 0.15) is 0 Å². The van der Waals surface area contributed by atoms with E-state index in [1.165, 1.54) is 0 Å². The highest BCUT2D eigenvalue weighted by Gasteiger charge is 2.12. The quantitative estimate of drug-likeness (QED) is 0.115. The number of halogens is 1. The molecule has 9 heteroatoms. The number of hydrogen-bond acceptors (Lipinski definition) is 6. The Bertz CT molecular complexity index is 1840. The van der Waals surface area contributed by atoms with Crippen molar-refractivity contribution in [3.8, 4) is 0 Å². The molecule has 0 aliphatic heterocycles.